The van der Waals surface area contributed by atoms with Gasteiger partial charge < -0.3 is 16.3 Å². The van der Waals surface area contributed by atoms with Crippen molar-refractivity contribution >= 4 is 17.4 Å². The van der Waals surface area contributed by atoms with Crippen LogP contribution in [0.25, 0.3) is 0 Å². The minimum atomic E-state index is -0.892. The van der Waals surface area contributed by atoms with Crippen LogP contribution in [0.5, 0.6) is 0 Å². The fraction of sp³-hybridized carbons (Fsp3) is 0. The molecular weight excluding hydrogens is 282 g/mol. The summed E-state index contributed by atoms with van der Waals surface area (Å²) in [7, 11) is 0. The average molecular weight is 292 g/mol. The Morgan fingerprint density at radius 3 is 2.43 bits per heavy atom. The number of oxime groups is 1. The molecule has 1 aromatic heterocycles. The Morgan fingerprint density at radius 2 is 1.90 bits per heavy atom. The summed E-state index contributed by atoms with van der Waals surface area (Å²) >= 11 is 0. The molecule has 0 fully saturated rings. The van der Waals surface area contributed by atoms with Crippen LogP contribution >= 0.6 is 0 Å². The number of nitrogens with zero attached hydrogens (tertiary/aromatic N) is 2. The summed E-state index contributed by atoms with van der Waals surface area (Å²) in [6.07, 6.45) is 1.20. The number of nitrogens with one attached hydrogen (secondary N) is 1. The third-order valence-corrected chi connectivity index (χ3v) is 2.60. The van der Waals surface area contributed by atoms with Gasteiger partial charge in [0, 0.05) is 11.8 Å². The van der Waals surface area contributed by atoms with Crippen molar-refractivity contribution in [2.45, 2.75) is 0 Å². The number of rotatable bonds is 3. The Hall–Kier alpha value is -3.03. The lowest BCUT2D eigenvalue weighted by Gasteiger charge is -2.07. The largest absolute Gasteiger partial charge is 0.409 e. The molecule has 0 aliphatic rings. The van der Waals surface area contributed by atoms with Crippen molar-refractivity contribution in [3.63, 3.8) is 0 Å². The van der Waals surface area contributed by atoms with Gasteiger partial charge in [0.1, 0.15) is 23.0 Å². The highest BCUT2D eigenvalue weighted by Crippen LogP contribution is 2.18. The van der Waals surface area contributed by atoms with Crippen molar-refractivity contribution in [1.82, 2.24) is 4.98 Å². The van der Waals surface area contributed by atoms with Gasteiger partial charge in [0.2, 0.25) is 0 Å². The molecule has 0 aliphatic carbocycles. The van der Waals surface area contributed by atoms with Gasteiger partial charge in [-0.25, -0.2) is 8.78 Å². The molecule has 8 heteroatoms. The fourth-order valence-corrected chi connectivity index (χ4v) is 1.53. The Labute approximate surface area is 117 Å². The number of carbonyl (C=O) groups excluding carboxylic acids is 1. The third-order valence-electron chi connectivity index (χ3n) is 2.60. The van der Waals surface area contributed by atoms with Crippen molar-refractivity contribution in [1.29, 1.82) is 0 Å². The molecular formula is C13H10F2N4O2. The van der Waals surface area contributed by atoms with Crippen molar-refractivity contribution in [3.05, 3.63) is 59.4 Å². The van der Waals surface area contributed by atoms with Crippen LogP contribution < -0.4 is 11.1 Å². The number of hydrogen-bond donors (Lipinski definition) is 3. The lowest BCUT2D eigenvalue weighted by molar-refractivity contribution is 0.102. The molecule has 6 nitrogen and oxygen atoms in total. The van der Waals surface area contributed by atoms with E-state index in [0.29, 0.717) is 5.56 Å². The molecule has 2 rings (SSSR count). The van der Waals surface area contributed by atoms with E-state index in [0.717, 1.165) is 12.1 Å². The highest BCUT2D eigenvalue weighted by molar-refractivity contribution is 6.03. The van der Waals surface area contributed by atoms with Gasteiger partial charge in [0.25, 0.3) is 5.91 Å². The van der Waals surface area contributed by atoms with Gasteiger partial charge in [-0.1, -0.05) is 11.2 Å². The van der Waals surface area contributed by atoms with Gasteiger partial charge in [-0.2, -0.15) is 0 Å². The van der Waals surface area contributed by atoms with E-state index in [9.17, 15) is 13.6 Å². The molecule has 0 unspecified atom stereocenters. The van der Waals surface area contributed by atoms with Gasteiger partial charge in [0.05, 0.1) is 0 Å². The molecule has 21 heavy (non-hydrogen) atoms. The first-order valence-corrected chi connectivity index (χ1v) is 5.72. The van der Waals surface area contributed by atoms with Gasteiger partial charge in [-0.05, 0) is 24.3 Å². The molecule has 1 aromatic carbocycles. The predicted octanol–water partition coefficient (Wildman–Crippen LogP) is 1.71. The molecule has 0 radical (unpaired) electrons. The van der Waals surface area contributed by atoms with Crippen molar-refractivity contribution in [2.75, 3.05) is 5.32 Å². The number of nitrogens with two attached hydrogens (primary N) is 1. The zero-order valence-electron chi connectivity index (χ0n) is 10.5. The van der Waals surface area contributed by atoms with E-state index in [2.05, 4.69) is 15.5 Å². The SMILES string of the molecule is NC(=NO)c1ccc(C(=O)Nc2c(F)cccc2F)nc1. The van der Waals surface area contributed by atoms with Crippen LogP contribution in [0, 0.1) is 11.6 Å². The number of anilines is 1. The molecule has 0 bridgehead atoms. The van der Waals surface area contributed by atoms with E-state index >= 15 is 0 Å². The minimum absolute atomic E-state index is 0.0767. The van der Waals surface area contributed by atoms with Gasteiger partial charge >= 0.3 is 0 Å². The van der Waals surface area contributed by atoms with Crippen LogP contribution in [-0.4, -0.2) is 21.9 Å². The van der Waals surface area contributed by atoms with Crippen LogP contribution in [0.3, 0.4) is 0 Å². The number of amides is 1. The van der Waals surface area contributed by atoms with Gasteiger partial charge in [-0.3, -0.25) is 9.78 Å². The number of hydrogen-bond acceptors (Lipinski definition) is 4. The number of benzene rings is 1. The zero-order valence-corrected chi connectivity index (χ0v) is 10.5. The first-order valence-electron chi connectivity index (χ1n) is 5.72. The fourth-order valence-electron chi connectivity index (χ4n) is 1.53. The Morgan fingerprint density at radius 1 is 1.24 bits per heavy atom. The highest BCUT2D eigenvalue weighted by atomic mass is 19.1. The quantitative estimate of drug-likeness (QED) is 0.347. The first-order chi connectivity index (χ1) is 10.0. The van der Waals surface area contributed by atoms with Crippen LogP contribution in [0.15, 0.2) is 41.7 Å². The number of carbonyl (C=O) groups is 1. The van der Waals surface area contributed by atoms with E-state index < -0.39 is 23.2 Å². The first kappa shape index (κ1) is 14.4. The predicted molar refractivity (Wildman–Crippen MR) is 71.1 cm³/mol. The normalized spacial score (nSPS) is 11.2. The summed E-state index contributed by atoms with van der Waals surface area (Å²) in [5, 5.41) is 13.4. The second-order valence-corrected chi connectivity index (χ2v) is 3.97. The lowest BCUT2D eigenvalue weighted by atomic mass is 10.2. The summed E-state index contributed by atoms with van der Waals surface area (Å²) in [6, 6.07) is 5.89. The second-order valence-electron chi connectivity index (χ2n) is 3.97. The standard InChI is InChI=1S/C13H10F2N4O2/c14-8-2-1-3-9(15)11(8)18-13(20)10-5-4-7(6-17-10)12(16)19-21/h1-6,21H,(H2,16,19)(H,18,20). The zero-order chi connectivity index (χ0) is 15.4. The van der Waals surface area contributed by atoms with Crippen molar-refractivity contribution in [3.8, 4) is 0 Å². The second kappa shape index (κ2) is 5.95. The number of aromatic nitrogens is 1. The van der Waals surface area contributed by atoms with E-state index in [-0.39, 0.29) is 11.5 Å². The maximum atomic E-state index is 13.4. The average Bonchev–Trinajstić information content (AvgIpc) is 2.50. The van der Waals surface area contributed by atoms with Gasteiger partial charge in [-0.15, -0.1) is 0 Å². The Balaban J connectivity index is 2.21. The van der Waals surface area contributed by atoms with Crippen molar-refractivity contribution in [2.24, 2.45) is 10.9 Å². The number of pyridine rings is 1. The van der Waals surface area contributed by atoms with Crippen LogP contribution in [0.4, 0.5) is 14.5 Å². The Kier molecular flexibility index (Phi) is 4.07. The Bertz CT molecular complexity index is 682. The maximum Gasteiger partial charge on any atom is 0.274 e. The number of para-hydroxylation sites is 1. The number of amidine groups is 1. The van der Waals surface area contributed by atoms with E-state index in [1.54, 1.807) is 0 Å². The van der Waals surface area contributed by atoms with E-state index in [1.807, 2.05) is 0 Å². The third kappa shape index (κ3) is 3.11. The molecule has 0 saturated carbocycles. The maximum absolute atomic E-state index is 13.4. The summed E-state index contributed by atoms with van der Waals surface area (Å²) < 4.78 is 26.8. The van der Waals surface area contributed by atoms with Crippen LogP contribution in [0.1, 0.15) is 16.1 Å². The summed E-state index contributed by atoms with van der Waals surface area (Å²) in [5.41, 5.74) is 5.01. The summed E-state index contributed by atoms with van der Waals surface area (Å²) in [4.78, 5) is 15.6. The topological polar surface area (TPSA) is 101 Å². The highest BCUT2D eigenvalue weighted by Gasteiger charge is 2.14. The van der Waals surface area contributed by atoms with E-state index in [4.69, 9.17) is 10.9 Å². The monoisotopic (exact) mass is 292 g/mol. The summed E-state index contributed by atoms with van der Waals surface area (Å²) in [5.74, 6) is -2.74. The number of halogens is 2. The summed E-state index contributed by atoms with van der Waals surface area (Å²) in [6.45, 7) is 0. The minimum Gasteiger partial charge on any atom is -0.409 e. The molecule has 0 saturated heterocycles. The van der Waals surface area contributed by atoms with Crippen LogP contribution in [-0.2, 0) is 0 Å². The molecule has 1 amide bonds. The molecule has 0 spiro atoms. The van der Waals surface area contributed by atoms with Crippen molar-refractivity contribution < 1.29 is 18.8 Å². The van der Waals surface area contributed by atoms with Gasteiger partial charge in [0.15, 0.2) is 5.84 Å². The molecule has 1 heterocycles. The smallest absolute Gasteiger partial charge is 0.274 e. The molecule has 108 valence electrons. The van der Waals surface area contributed by atoms with Crippen LogP contribution in [0.2, 0.25) is 0 Å². The lowest BCUT2D eigenvalue weighted by Crippen LogP contribution is -2.17. The van der Waals surface area contributed by atoms with E-state index in [1.165, 1.54) is 24.4 Å². The molecule has 0 atom stereocenters. The molecule has 4 N–H and O–H groups in total. The molecule has 0 aliphatic heterocycles. The molecule has 2 aromatic rings.